The van der Waals surface area contributed by atoms with Crippen LogP contribution in [0.4, 0.5) is 0 Å². The van der Waals surface area contributed by atoms with Gasteiger partial charge in [-0.3, -0.25) is 9.98 Å². The van der Waals surface area contributed by atoms with E-state index in [1.807, 2.05) is 19.3 Å². The second-order valence-corrected chi connectivity index (χ2v) is 6.75. The Kier molecular flexibility index (Phi) is 7.20. The minimum absolute atomic E-state index is 0.382. The molecule has 118 valence electrons. The van der Waals surface area contributed by atoms with Crippen molar-refractivity contribution >= 4 is 5.96 Å². The Bertz CT molecular complexity index is 420. The highest BCUT2D eigenvalue weighted by Gasteiger charge is 2.13. The topological polar surface area (TPSA) is 49.3 Å². The zero-order chi connectivity index (χ0) is 15.7. The van der Waals surface area contributed by atoms with Crippen LogP contribution in [0.5, 0.6) is 0 Å². The lowest BCUT2D eigenvalue weighted by molar-refractivity contribution is 0.346. The van der Waals surface area contributed by atoms with Crippen LogP contribution in [-0.2, 0) is 6.42 Å². The van der Waals surface area contributed by atoms with Crippen LogP contribution in [0.25, 0.3) is 0 Å². The summed E-state index contributed by atoms with van der Waals surface area (Å²) in [7, 11) is 1.82. The molecule has 2 N–H and O–H groups in total. The lowest BCUT2D eigenvalue weighted by Gasteiger charge is -2.23. The molecule has 0 amide bonds. The monoisotopic (exact) mass is 290 g/mol. The molecular weight excluding hydrogens is 260 g/mol. The number of nitrogens with zero attached hydrogens (tertiary/aromatic N) is 2. The Morgan fingerprint density at radius 3 is 2.71 bits per heavy atom. The molecule has 1 aromatic rings. The fraction of sp³-hybridized carbons (Fsp3) is 0.647. The maximum Gasteiger partial charge on any atom is 0.191 e. The lowest BCUT2D eigenvalue weighted by Crippen LogP contribution is -2.43. The van der Waals surface area contributed by atoms with Crippen molar-refractivity contribution in [2.24, 2.45) is 10.4 Å². The van der Waals surface area contributed by atoms with Crippen LogP contribution < -0.4 is 10.6 Å². The van der Waals surface area contributed by atoms with Gasteiger partial charge in [0.1, 0.15) is 0 Å². The Morgan fingerprint density at radius 1 is 1.38 bits per heavy atom. The molecule has 0 aliphatic heterocycles. The van der Waals surface area contributed by atoms with E-state index in [1.54, 1.807) is 6.20 Å². The van der Waals surface area contributed by atoms with Gasteiger partial charge < -0.3 is 10.6 Å². The number of hydrogen-bond acceptors (Lipinski definition) is 2. The third-order valence-electron chi connectivity index (χ3n) is 3.36. The van der Waals surface area contributed by atoms with Crippen LogP contribution in [0.15, 0.2) is 29.5 Å². The van der Waals surface area contributed by atoms with Gasteiger partial charge in [0.05, 0.1) is 0 Å². The first-order valence-corrected chi connectivity index (χ1v) is 7.77. The zero-order valence-corrected chi connectivity index (χ0v) is 14.1. The number of guanidine groups is 1. The van der Waals surface area contributed by atoms with E-state index < -0.39 is 0 Å². The Morgan fingerprint density at radius 2 is 2.14 bits per heavy atom. The van der Waals surface area contributed by atoms with Gasteiger partial charge in [0, 0.05) is 32.0 Å². The minimum Gasteiger partial charge on any atom is -0.356 e. The molecule has 0 spiro atoms. The number of nitrogens with one attached hydrogen (secondary N) is 2. The van der Waals surface area contributed by atoms with E-state index >= 15 is 0 Å². The van der Waals surface area contributed by atoms with Crippen LogP contribution in [0, 0.1) is 5.41 Å². The number of pyridine rings is 1. The summed E-state index contributed by atoms with van der Waals surface area (Å²) >= 11 is 0. The van der Waals surface area contributed by atoms with Crippen molar-refractivity contribution in [3.63, 3.8) is 0 Å². The summed E-state index contributed by atoms with van der Waals surface area (Å²) in [6, 6.07) is 4.49. The molecule has 0 saturated heterocycles. The van der Waals surface area contributed by atoms with Crippen LogP contribution in [0.3, 0.4) is 0 Å². The quantitative estimate of drug-likeness (QED) is 0.625. The predicted octanol–water partition coefficient (Wildman–Crippen LogP) is 3.00. The molecule has 0 radical (unpaired) electrons. The standard InChI is InChI=1S/C17H30N4/c1-14(8-10-17(2,3)4)21-16(18-5)20-12-9-15-7-6-11-19-13-15/h6-7,11,13-14H,8-10,12H2,1-5H3,(H2,18,20,21). The van der Waals surface area contributed by atoms with E-state index in [-0.39, 0.29) is 0 Å². The molecule has 0 bridgehead atoms. The van der Waals surface area contributed by atoms with E-state index in [0.717, 1.165) is 25.3 Å². The van der Waals surface area contributed by atoms with Gasteiger partial charge in [-0.25, -0.2) is 0 Å². The molecule has 0 saturated carbocycles. The van der Waals surface area contributed by atoms with Crippen molar-refractivity contribution in [2.75, 3.05) is 13.6 Å². The zero-order valence-electron chi connectivity index (χ0n) is 14.1. The van der Waals surface area contributed by atoms with Crippen LogP contribution in [0.1, 0.15) is 46.1 Å². The highest BCUT2D eigenvalue weighted by Crippen LogP contribution is 2.21. The predicted molar refractivity (Wildman–Crippen MR) is 90.6 cm³/mol. The second-order valence-electron chi connectivity index (χ2n) is 6.75. The fourth-order valence-corrected chi connectivity index (χ4v) is 2.02. The molecular formula is C17H30N4. The Hall–Kier alpha value is -1.58. The van der Waals surface area contributed by atoms with Gasteiger partial charge in [-0.1, -0.05) is 26.8 Å². The third-order valence-corrected chi connectivity index (χ3v) is 3.36. The molecule has 1 unspecified atom stereocenters. The van der Waals surface area contributed by atoms with Crippen molar-refractivity contribution in [1.82, 2.24) is 15.6 Å². The third kappa shape index (κ3) is 8.33. The lowest BCUT2D eigenvalue weighted by atomic mass is 9.89. The highest BCUT2D eigenvalue weighted by atomic mass is 15.2. The molecule has 1 aromatic heterocycles. The van der Waals surface area contributed by atoms with Gasteiger partial charge in [-0.15, -0.1) is 0 Å². The smallest absolute Gasteiger partial charge is 0.191 e. The van der Waals surface area contributed by atoms with Crippen molar-refractivity contribution in [3.05, 3.63) is 30.1 Å². The van der Waals surface area contributed by atoms with Crippen LogP contribution in [0.2, 0.25) is 0 Å². The number of hydrogen-bond donors (Lipinski definition) is 2. The molecule has 1 rings (SSSR count). The van der Waals surface area contributed by atoms with E-state index in [4.69, 9.17) is 0 Å². The summed E-state index contributed by atoms with van der Waals surface area (Å²) < 4.78 is 0. The maximum absolute atomic E-state index is 4.28. The van der Waals surface area contributed by atoms with Crippen molar-refractivity contribution in [3.8, 4) is 0 Å². The number of aromatic nitrogens is 1. The summed E-state index contributed by atoms with van der Waals surface area (Å²) in [5.74, 6) is 0.875. The molecule has 21 heavy (non-hydrogen) atoms. The van der Waals surface area contributed by atoms with Crippen LogP contribution in [-0.4, -0.2) is 30.6 Å². The SMILES string of the molecule is CN=C(NCCc1cccnc1)NC(C)CCC(C)(C)C. The highest BCUT2D eigenvalue weighted by molar-refractivity contribution is 5.79. The van der Waals surface area contributed by atoms with E-state index in [0.29, 0.717) is 11.5 Å². The van der Waals surface area contributed by atoms with Crippen molar-refractivity contribution in [2.45, 2.75) is 53.0 Å². The van der Waals surface area contributed by atoms with Crippen LogP contribution >= 0.6 is 0 Å². The summed E-state index contributed by atoms with van der Waals surface area (Å²) in [6.07, 6.45) is 7.00. The Balaban J connectivity index is 2.28. The van der Waals surface area contributed by atoms with Gasteiger partial charge in [0.2, 0.25) is 0 Å². The molecule has 4 nitrogen and oxygen atoms in total. The van der Waals surface area contributed by atoms with E-state index in [9.17, 15) is 0 Å². The summed E-state index contributed by atoms with van der Waals surface area (Å²) in [5, 5.41) is 6.81. The van der Waals surface area contributed by atoms with Crippen molar-refractivity contribution < 1.29 is 0 Å². The molecule has 0 aliphatic carbocycles. The van der Waals surface area contributed by atoms with E-state index in [1.165, 1.54) is 12.0 Å². The van der Waals surface area contributed by atoms with Gasteiger partial charge >= 0.3 is 0 Å². The number of rotatable bonds is 6. The first-order valence-electron chi connectivity index (χ1n) is 7.77. The molecule has 1 atom stereocenters. The average molecular weight is 290 g/mol. The van der Waals surface area contributed by atoms with Gasteiger partial charge in [0.25, 0.3) is 0 Å². The summed E-state index contributed by atoms with van der Waals surface area (Å²) in [4.78, 5) is 8.41. The Labute approximate surface area is 129 Å². The second kappa shape index (κ2) is 8.65. The fourth-order valence-electron chi connectivity index (χ4n) is 2.02. The van der Waals surface area contributed by atoms with Gasteiger partial charge in [0.15, 0.2) is 5.96 Å². The summed E-state index contributed by atoms with van der Waals surface area (Å²) in [6.45, 7) is 9.90. The molecule has 4 heteroatoms. The molecule has 0 aromatic carbocycles. The first kappa shape index (κ1) is 17.5. The first-order chi connectivity index (χ1) is 9.90. The summed E-state index contributed by atoms with van der Waals surface area (Å²) in [5.41, 5.74) is 1.62. The van der Waals surface area contributed by atoms with Crippen molar-refractivity contribution in [1.29, 1.82) is 0 Å². The molecule has 0 fully saturated rings. The molecule has 0 aliphatic rings. The largest absolute Gasteiger partial charge is 0.356 e. The van der Waals surface area contributed by atoms with Gasteiger partial charge in [-0.2, -0.15) is 0 Å². The normalized spacial score (nSPS) is 13.9. The van der Waals surface area contributed by atoms with E-state index in [2.05, 4.69) is 54.4 Å². The molecule has 1 heterocycles. The average Bonchev–Trinajstić information content (AvgIpc) is 2.44. The number of aliphatic imine (C=N–C) groups is 1. The minimum atomic E-state index is 0.382. The van der Waals surface area contributed by atoms with Gasteiger partial charge in [-0.05, 0) is 43.2 Å². The maximum atomic E-state index is 4.28.